The maximum atomic E-state index is 12.7. The van der Waals surface area contributed by atoms with Crippen LogP contribution in [0.2, 0.25) is 0 Å². The highest BCUT2D eigenvalue weighted by Gasteiger charge is 2.31. The van der Waals surface area contributed by atoms with E-state index in [-0.39, 0.29) is 11.9 Å². The summed E-state index contributed by atoms with van der Waals surface area (Å²) in [5, 5.41) is 4.36. The summed E-state index contributed by atoms with van der Waals surface area (Å²) < 4.78 is 7.13. The minimum absolute atomic E-state index is 0.185. The molecule has 128 valence electrons. The van der Waals surface area contributed by atoms with E-state index in [1.54, 1.807) is 13.3 Å². The lowest BCUT2D eigenvalue weighted by molar-refractivity contribution is -0.119. The Labute approximate surface area is 143 Å². The molecule has 0 saturated carbocycles. The zero-order chi connectivity index (χ0) is 17.1. The van der Waals surface area contributed by atoms with Gasteiger partial charge >= 0.3 is 0 Å². The average molecular weight is 327 g/mol. The van der Waals surface area contributed by atoms with Gasteiger partial charge < -0.3 is 4.74 Å². The van der Waals surface area contributed by atoms with E-state index in [9.17, 15) is 4.79 Å². The van der Waals surface area contributed by atoms with E-state index < -0.39 is 0 Å². The number of amides is 1. The Kier molecular flexibility index (Phi) is 4.88. The van der Waals surface area contributed by atoms with Gasteiger partial charge in [0.2, 0.25) is 5.91 Å². The van der Waals surface area contributed by atoms with Crippen LogP contribution in [-0.4, -0.2) is 28.8 Å². The minimum Gasteiger partial charge on any atom is -0.497 e. The number of hydrogen-bond acceptors (Lipinski definition) is 3. The molecule has 0 spiro atoms. The van der Waals surface area contributed by atoms with Gasteiger partial charge in [0, 0.05) is 18.5 Å². The highest BCUT2D eigenvalue weighted by molar-refractivity contribution is 5.93. The quantitative estimate of drug-likeness (QED) is 0.843. The Morgan fingerprint density at radius 1 is 1.21 bits per heavy atom. The standard InChI is InChI=1S/C19H25N3O2/c1-14-13-15(2)22-18(11-12-20-22)21(14)19(23)6-4-5-16-7-9-17(24-3)10-8-16/h7-12,14-15H,4-6,13H2,1-3H3/t14-,15+/m1/s1. The molecule has 2 heterocycles. The Hall–Kier alpha value is -2.30. The predicted molar refractivity (Wildman–Crippen MR) is 94.4 cm³/mol. The number of carbonyl (C=O) groups is 1. The van der Waals surface area contributed by atoms with Crippen molar-refractivity contribution in [3.63, 3.8) is 0 Å². The van der Waals surface area contributed by atoms with Gasteiger partial charge in [0.15, 0.2) is 0 Å². The summed E-state index contributed by atoms with van der Waals surface area (Å²) in [5.74, 6) is 1.97. The summed E-state index contributed by atoms with van der Waals surface area (Å²) in [6.45, 7) is 4.27. The SMILES string of the molecule is COc1ccc(CCCC(=O)N2c3ccnn3[C@@H](C)C[C@H]2C)cc1. The molecule has 5 heteroatoms. The lowest BCUT2D eigenvalue weighted by atomic mass is 10.0. The van der Waals surface area contributed by atoms with Crippen LogP contribution in [0, 0.1) is 0 Å². The van der Waals surface area contributed by atoms with E-state index >= 15 is 0 Å². The number of anilines is 1. The summed E-state index contributed by atoms with van der Waals surface area (Å²) in [7, 11) is 1.67. The van der Waals surface area contributed by atoms with E-state index in [4.69, 9.17) is 4.74 Å². The fourth-order valence-electron chi connectivity index (χ4n) is 3.49. The highest BCUT2D eigenvalue weighted by Crippen LogP contribution is 2.31. The molecule has 0 unspecified atom stereocenters. The first-order valence-corrected chi connectivity index (χ1v) is 8.58. The molecule has 2 atom stereocenters. The summed E-state index contributed by atoms with van der Waals surface area (Å²) in [6.07, 6.45) is 5.02. The monoisotopic (exact) mass is 327 g/mol. The van der Waals surface area contributed by atoms with Gasteiger partial charge in [-0.05, 0) is 50.8 Å². The topological polar surface area (TPSA) is 47.4 Å². The van der Waals surface area contributed by atoms with Crippen LogP contribution in [0.5, 0.6) is 5.75 Å². The van der Waals surface area contributed by atoms with Gasteiger partial charge in [0.05, 0.1) is 19.3 Å². The minimum atomic E-state index is 0.185. The number of benzene rings is 1. The van der Waals surface area contributed by atoms with Crippen LogP contribution in [-0.2, 0) is 11.2 Å². The van der Waals surface area contributed by atoms with Crippen LogP contribution in [0.15, 0.2) is 36.5 Å². The molecule has 0 bridgehead atoms. The van der Waals surface area contributed by atoms with Crippen LogP contribution in [0.4, 0.5) is 5.82 Å². The van der Waals surface area contributed by atoms with Gasteiger partial charge in [-0.15, -0.1) is 0 Å². The molecule has 1 aliphatic rings. The molecular weight excluding hydrogens is 302 g/mol. The van der Waals surface area contributed by atoms with Crippen LogP contribution < -0.4 is 9.64 Å². The fraction of sp³-hybridized carbons (Fsp3) is 0.474. The number of rotatable bonds is 5. The first kappa shape index (κ1) is 16.6. The molecule has 0 fully saturated rings. The van der Waals surface area contributed by atoms with Crippen molar-refractivity contribution in [2.45, 2.75) is 51.6 Å². The molecule has 2 aromatic rings. The third kappa shape index (κ3) is 3.30. The van der Waals surface area contributed by atoms with E-state index in [2.05, 4.69) is 31.1 Å². The number of nitrogens with zero attached hydrogens (tertiary/aromatic N) is 3. The molecular formula is C19H25N3O2. The Morgan fingerprint density at radius 2 is 1.96 bits per heavy atom. The van der Waals surface area contributed by atoms with Crippen LogP contribution in [0.3, 0.4) is 0 Å². The first-order valence-electron chi connectivity index (χ1n) is 8.58. The van der Waals surface area contributed by atoms with Crippen LogP contribution >= 0.6 is 0 Å². The largest absolute Gasteiger partial charge is 0.497 e. The van der Waals surface area contributed by atoms with Gasteiger partial charge in [-0.3, -0.25) is 9.69 Å². The van der Waals surface area contributed by atoms with E-state index in [1.165, 1.54) is 5.56 Å². The zero-order valence-corrected chi connectivity index (χ0v) is 14.6. The van der Waals surface area contributed by atoms with Crippen molar-refractivity contribution in [2.75, 3.05) is 12.0 Å². The van der Waals surface area contributed by atoms with Crippen molar-refractivity contribution in [1.29, 1.82) is 0 Å². The molecule has 1 aromatic heterocycles. The molecule has 0 radical (unpaired) electrons. The summed E-state index contributed by atoms with van der Waals surface area (Å²) in [4.78, 5) is 14.6. The van der Waals surface area contributed by atoms with E-state index in [1.807, 2.05) is 27.8 Å². The summed E-state index contributed by atoms with van der Waals surface area (Å²) in [5.41, 5.74) is 1.23. The van der Waals surface area contributed by atoms with Crippen LogP contribution in [0.25, 0.3) is 0 Å². The van der Waals surface area contributed by atoms with Crippen molar-refractivity contribution in [1.82, 2.24) is 9.78 Å². The molecule has 1 amide bonds. The number of methoxy groups -OCH3 is 1. The van der Waals surface area contributed by atoms with Crippen molar-refractivity contribution < 1.29 is 9.53 Å². The molecule has 24 heavy (non-hydrogen) atoms. The Bertz CT molecular complexity index is 693. The maximum Gasteiger partial charge on any atom is 0.228 e. The summed E-state index contributed by atoms with van der Waals surface area (Å²) >= 11 is 0. The average Bonchev–Trinajstić information content (AvgIpc) is 3.05. The fourth-order valence-corrected chi connectivity index (χ4v) is 3.49. The second kappa shape index (κ2) is 7.07. The predicted octanol–water partition coefficient (Wildman–Crippen LogP) is 3.60. The highest BCUT2D eigenvalue weighted by atomic mass is 16.5. The number of aryl methyl sites for hydroxylation is 1. The van der Waals surface area contributed by atoms with Crippen molar-refractivity contribution in [3.8, 4) is 5.75 Å². The lowest BCUT2D eigenvalue weighted by Crippen LogP contribution is -2.44. The normalized spacial score (nSPS) is 19.9. The number of carbonyl (C=O) groups excluding carboxylic acids is 1. The Balaban J connectivity index is 1.60. The Morgan fingerprint density at radius 3 is 2.67 bits per heavy atom. The number of fused-ring (bicyclic) bond motifs is 1. The number of ether oxygens (including phenoxy) is 1. The molecule has 0 aliphatic carbocycles. The molecule has 0 N–H and O–H groups in total. The first-order chi connectivity index (χ1) is 11.6. The lowest BCUT2D eigenvalue weighted by Gasteiger charge is -2.37. The number of hydrogen-bond donors (Lipinski definition) is 0. The van der Waals surface area contributed by atoms with Gasteiger partial charge in [0.1, 0.15) is 11.6 Å². The van der Waals surface area contributed by atoms with Crippen LogP contribution in [0.1, 0.15) is 44.7 Å². The van der Waals surface area contributed by atoms with Gasteiger partial charge in [-0.2, -0.15) is 5.10 Å². The number of aromatic nitrogens is 2. The van der Waals surface area contributed by atoms with Crippen molar-refractivity contribution >= 4 is 11.7 Å². The van der Waals surface area contributed by atoms with E-state index in [0.29, 0.717) is 12.5 Å². The molecule has 1 aliphatic heterocycles. The van der Waals surface area contributed by atoms with Gasteiger partial charge in [-0.25, -0.2) is 4.68 Å². The van der Waals surface area contributed by atoms with Gasteiger partial charge in [0.25, 0.3) is 0 Å². The second-order valence-electron chi connectivity index (χ2n) is 6.53. The zero-order valence-electron chi connectivity index (χ0n) is 14.6. The molecule has 3 rings (SSSR count). The molecule has 0 saturated heterocycles. The molecule has 5 nitrogen and oxygen atoms in total. The second-order valence-corrected chi connectivity index (χ2v) is 6.53. The van der Waals surface area contributed by atoms with Crippen molar-refractivity contribution in [2.24, 2.45) is 0 Å². The van der Waals surface area contributed by atoms with Crippen molar-refractivity contribution in [3.05, 3.63) is 42.1 Å². The third-order valence-electron chi connectivity index (χ3n) is 4.72. The maximum absolute atomic E-state index is 12.7. The van der Waals surface area contributed by atoms with Gasteiger partial charge in [-0.1, -0.05) is 12.1 Å². The van der Waals surface area contributed by atoms with E-state index in [0.717, 1.165) is 30.8 Å². The smallest absolute Gasteiger partial charge is 0.228 e. The summed E-state index contributed by atoms with van der Waals surface area (Å²) in [6, 6.07) is 10.5. The third-order valence-corrected chi connectivity index (χ3v) is 4.72. The molecule has 1 aromatic carbocycles.